The van der Waals surface area contributed by atoms with E-state index < -0.39 is 10.0 Å². The smallest absolute Gasteiger partial charge is 0.243 e. The number of nitrogens with zero attached hydrogens (tertiary/aromatic N) is 2. The lowest BCUT2D eigenvalue weighted by atomic mass is 9.73. The summed E-state index contributed by atoms with van der Waals surface area (Å²) in [6.07, 6.45) is 2.10. The molecule has 2 fully saturated rings. The second-order valence-electron chi connectivity index (χ2n) is 7.49. The Bertz CT molecular complexity index is 870. The quantitative estimate of drug-likeness (QED) is 0.800. The molecule has 2 heterocycles. The van der Waals surface area contributed by atoms with Gasteiger partial charge in [-0.2, -0.15) is 4.31 Å². The van der Waals surface area contributed by atoms with Crippen molar-refractivity contribution in [1.82, 2.24) is 9.21 Å². The van der Waals surface area contributed by atoms with Crippen molar-refractivity contribution >= 4 is 21.6 Å². The van der Waals surface area contributed by atoms with Gasteiger partial charge in [0.25, 0.3) is 0 Å². The van der Waals surface area contributed by atoms with Gasteiger partial charge in [-0.25, -0.2) is 8.42 Å². The number of hydrogen-bond donors (Lipinski definition) is 0. The van der Waals surface area contributed by atoms with E-state index in [1.165, 1.54) is 5.56 Å². The van der Waals surface area contributed by atoms with E-state index in [1.807, 2.05) is 24.3 Å². The van der Waals surface area contributed by atoms with Crippen LogP contribution in [0.5, 0.6) is 0 Å². The van der Waals surface area contributed by atoms with Gasteiger partial charge in [-0.1, -0.05) is 41.9 Å². The number of benzene rings is 2. The van der Waals surface area contributed by atoms with Crippen LogP contribution < -0.4 is 0 Å². The van der Waals surface area contributed by atoms with Crippen LogP contribution in [0.15, 0.2) is 59.5 Å². The zero-order valence-electron chi connectivity index (χ0n) is 14.6. The van der Waals surface area contributed by atoms with Crippen LogP contribution in [-0.2, 0) is 16.6 Å². The number of hydrogen-bond acceptors (Lipinski definition) is 3. The maximum Gasteiger partial charge on any atom is 0.243 e. The van der Waals surface area contributed by atoms with Crippen molar-refractivity contribution in [2.45, 2.75) is 24.3 Å². The molecule has 0 amide bonds. The average Bonchev–Trinajstić information content (AvgIpc) is 2.61. The molecule has 0 radical (unpaired) electrons. The molecule has 0 aliphatic carbocycles. The van der Waals surface area contributed by atoms with Crippen LogP contribution in [0.2, 0.25) is 5.02 Å². The standard InChI is InChI=1S/C20H23ClN2O2S/c21-18-6-4-5-17(13-18)14-22-11-9-20(10-12-22)15-23(16-20)26(24,25)19-7-2-1-3-8-19/h1-8,13H,9-12,14-16H2. The Morgan fingerprint density at radius 1 is 0.962 bits per heavy atom. The molecular formula is C20H23ClN2O2S. The van der Waals surface area contributed by atoms with Crippen LogP contribution in [0.1, 0.15) is 18.4 Å². The number of rotatable bonds is 4. The highest BCUT2D eigenvalue weighted by molar-refractivity contribution is 7.89. The third-order valence-corrected chi connectivity index (χ3v) is 7.66. The molecule has 26 heavy (non-hydrogen) atoms. The summed E-state index contributed by atoms with van der Waals surface area (Å²) in [5.74, 6) is 0. The molecular weight excluding hydrogens is 368 g/mol. The lowest BCUT2D eigenvalue weighted by molar-refractivity contribution is -0.00139. The van der Waals surface area contributed by atoms with Crippen LogP contribution in [0.3, 0.4) is 0 Å². The Kier molecular flexibility index (Phi) is 4.82. The molecule has 2 aromatic carbocycles. The molecule has 0 unspecified atom stereocenters. The number of piperidine rings is 1. The van der Waals surface area contributed by atoms with E-state index in [0.29, 0.717) is 18.0 Å². The van der Waals surface area contributed by atoms with Crippen molar-refractivity contribution in [3.8, 4) is 0 Å². The lowest BCUT2D eigenvalue weighted by Crippen LogP contribution is -2.61. The first-order chi connectivity index (χ1) is 12.5. The number of sulfonamides is 1. The Balaban J connectivity index is 1.33. The minimum absolute atomic E-state index is 0.159. The fourth-order valence-corrected chi connectivity index (χ4v) is 5.91. The summed E-state index contributed by atoms with van der Waals surface area (Å²) < 4.78 is 27.0. The van der Waals surface area contributed by atoms with Gasteiger partial charge in [0.15, 0.2) is 0 Å². The van der Waals surface area contributed by atoms with Gasteiger partial charge in [-0.05, 0) is 55.8 Å². The van der Waals surface area contributed by atoms with Gasteiger partial charge in [-0.3, -0.25) is 4.90 Å². The van der Waals surface area contributed by atoms with Gasteiger partial charge in [0.2, 0.25) is 10.0 Å². The highest BCUT2D eigenvalue weighted by atomic mass is 35.5. The Morgan fingerprint density at radius 3 is 2.31 bits per heavy atom. The second kappa shape index (κ2) is 6.97. The van der Waals surface area contributed by atoms with E-state index in [9.17, 15) is 8.42 Å². The van der Waals surface area contributed by atoms with Crippen LogP contribution in [-0.4, -0.2) is 43.8 Å². The van der Waals surface area contributed by atoms with Gasteiger partial charge in [0.1, 0.15) is 0 Å². The minimum atomic E-state index is -3.34. The Labute approximate surface area is 160 Å². The summed E-state index contributed by atoms with van der Waals surface area (Å²) in [5.41, 5.74) is 1.39. The van der Waals surface area contributed by atoms with Gasteiger partial charge in [-0.15, -0.1) is 0 Å². The maximum atomic E-state index is 12.7. The topological polar surface area (TPSA) is 40.6 Å². The molecule has 0 N–H and O–H groups in total. The van der Waals surface area contributed by atoms with Crippen molar-refractivity contribution in [1.29, 1.82) is 0 Å². The molecule has 0 atom stereocenters. The minimum Gasteiger partial charge on any atom is -0.299 e. The summed E-state index contributed by atoms with van der Waals surface area (Å²) in [7, 11) is -3.34. The summed E-state index contributed by atoms with van der Waals surface area (Å²) in [6, 6.07) is 16.7. The molecule has 0 aromatic heterocycles. The summed E-state index contributed by atoms with van der Waals surface area (Å²) >= 11 is 6.07. The number of halogens is 1. The molecule has 1 spiro atoms. The lowest BCUT2D eigenvalue weighted by Gasteiger charge is -2.53. The molecule has 2 saturated heterocycles. The van der Waals surface area contributed by atoms with Crippen molar-refractivity contribution < 1.29 is 8.42 Å². The van der Waals surface area contributed by atoms with Crippen molar-refractivity contribution in [3.63, 3.8) is 0 Å². The molecule has 4 nitrogen and oxygen atoms in total. The normalized spacial score (nSPS) is 20.8. The first-order valence-electron chi connectivity index (χ1n) is 8.99. The molecule has 0 saturated carbocycles. The molecule has 4 rings (SSSR count). The molecule has 0 bridgehead atoms. The zero-order valence-corrected chi connectivity index (χ0v) is 16.2. The monoisotopic (exact) mass is 390 g/mol. The summed E-state index contributed by atoms with van der Waals surface area (Å²) in [4.78, 5) is 2.83. The first-order valence-corrected chi connectivity index (χ1v) is 10.8. The molecule has 138 valence electrons. The van der Waals surface area contributed by atoms with Crippen LogP contribution in [0.25, 0.3) is 0 Å². The fourth-order valence-electron chi connectivity index (χ4n) is 4.01. The van der Waals surface area contributed by atoms with E-state index in [0.717, 1.165) is 37.5 Å². The highest BCUT2D eigenvalue weighted by Crippen LogP contribution is 2.43. The van der Waals surface area contributed by atoms with Gasteiger partial charge in [0.05, 0.1) is 4.90 Å². The largest absolute Gasteiger partial charge is 0.299 e. The summed E-state index contributed by atoms with van der Waals surface area (Å²) in [5, 5.41) is 0.775. The van der Waals surface area contributed by atoms with Crippen molar-refractivity contribution in [2.24, 2.45) is 5.41 Å². The average molecular weight is 391 g/mol. The molecule has 2 aliphatic rings. The van der Waals surface area contributed by atoms with E-state index >= 15 is 0 Å². The van der Waals surface area contributed by atoms with Gasteiger partial charge < -0.3 is 0 Å². The van der Waals surface area contributed by atoms with Crippen molar-refractivity contribution in [3.05, 3.63) is 65.2 Å². The molecule has 2 aliphatic heterocycles. The van der Waals surface area contributed by atoms with E-state index in [2.05, 4.69) is 11.0 Å². The van der Waals surface area contributed by atoms with Crippen molar-refractivity contribution in [2.75, 3.05) is 26.2 Å². The van der Waals surface area contributed by atoms with Gasteiger partial charge >= 0.3 is 0 Å². The number of likely N-dealkylation sites (tertiary alicyclic amines) is 1. The summed E-state index contributed by atoms with van der Waals surface area (Å²) in [6.45, 7) is 4.21. The van der Waals surface area contributed by atoms with Crippen LogP contribution in [0.4, 0.5) is 0 Å². The van der Waals surface area contributed by atoms with E-state index in [4.69, 9.17) is 11.6 Å². The molecule has 6 heteroatoms. The molecule has 2 aromatic rings. The zero-order chi connectivity index (χ0) is 18.2. The third kappa shape index (κ3) is 3.54. The van der Waals surface area contributed by atoms with Gasteiger partial charge in [0, 0.05) is 30.1 Å². The predicted molar refractivity (Wildman–Crippen MR) is 104 cm³/mol. The Hall–Kier alpha value is -1.40. The van der Waals surface area contributed by atoms with E-state index in [-0.39, 0.29) is 5.41 Å². The van der Waals surface area contributed by atoms with Crippen LogP contribution in [0, 0.1) is 5.41 Å². The van der Waals surface area contributed by atoms with Crippen LogP contribution >= 0.6 is 11.6 Å². The SMILES string of the molecule is O=S(=O)(c1ccccc1)N1CC2(CCN(Cc3cccc(Cl)c3)CC2)C1. The fraction of sp³-hybridized carbons (Fsp3) is 0.400. The highest BCUT2D eigenvalue weighted by Gasteiger charge is 2.49. The third-order valence-electron chi connectivity index (χ3n) is 5.62. The predicted octanol–water partition coefficient (Wildman–Crippen LogP) is 3.63. The van der Waals surface area contributed by atoms with E-state index in [1.54, 1.807) is 28.6 Å². The first kappa shape index (κ1) is 18.0. The maximum absolute atomic E-state index is 12.7. The second-order valence-corrected chi connectivity index (χ2v) is 9.87. The Morgan fingerprint density at radius 2 is 1.65 bits per heavy atom.